The van der Waals surface area contributed by atoms with Crippen molar-refractivity contribution >= 4 is 23.0 Å². The van der Waals surface area contributed by atoms with Crippen molar-refractivity contribution in [2.45, 2.75) is 52.5 Å². The van der Waals surface area contributed by atoms with Crippen LogP contribution in [0.15, 0.2) is 24.3 Å². The molecule has 0 fully saturated rings. The molecule has 1 aromatic rings. The first-order valence-electron chi connectivity index (χ1n) is 6.51. The van der Waals surface area contributed by atoms with Crippen LogP contribution in [-0.4, -0.2) is 10.7 Å². The number of hydrogen-bond acceptors (Lipinski definition) is 1. The second kappa shape index (κ2) is 6.19. The standard InChI is InChI=1S/C15H24N2S/c1-6-11(2)12-7-9-13(10-8-12)16-14(18)17-15(3,4)5/h7-11H,6H2,1-5H3,(H2,16,17,18)/t11-/m1/s1. The van der Waals surface area contributed by atoms with Crippen LogP contribution in [0.2, 0.25) is 0 Å². The lowest BCUT2D eigenvalue weighted by Gasteiger charge is -2.23. The molecule has 0 aliphatic rings. The maximum absolute atomic E-state index is 5.27. The van der Waals surface area contributed by atoms with E-state index < -0.39 is 0 Å². The van der Waals surface area contributed by atoms with Crippen molar-refractivity contribution in [3.8, 4) is 0 Å². The van der Waals surface area contributed by atoms with Crippen molar-refractivity contribution in [2.24, 2.45) is 0 Å². The molecule has 0 bridgehead atoms. The Bertz CT molecular complexity index is 390. The summed E-state index contributed by atoms with van der Waals surface area (Å²) in [5, 5.41) is 7.10. The summed E-state index contributed by atoms with van der Waals surface area (Å²) in [6, 6.07) is 8.49. The second-order valence-electron chi connectivity index (χ2n) is 5.76. The fourth-order valence-corrected chi connectivity index (χ4v) is 2.06. The number of thiocarbonyl (C=S) groups is 1. The highest BCUT2D eigenvalue weighted by Crippen LogP contribution is 2.20. The molecule has 0 amide bonds. The van der Waals surface area contributed by atoms with Crippen LogP contribution in [0.3, 0.4) is 0 Å². The average molecular weight is 264 g/mol. The molecule has 0 heterocycles. The fourth-order valence-electron chi connectivity index (χ4n) is 1.63. The molecule has 1 atom stereocenters. The number of rotatable bonds is 3. The van der Waals surface area contributed by atoms with Crippen LogP contribution in [0.1, 0.15) is 52.5 Å². The van der Waals surface area contributed by atoms with Crippen LogP contribution in [0.4, 0.5) is 5.69 Å². The molecule has 18 heavy (non-hydrogen) atoms. The zero-order chi connectivity index (χ0) is 13.8. The average Bonchev–Trinajstić information content (AvgIpc) is 2.26. The third-order valence-electron chi connectivity index (χ3n) is 2.84. The Hall–Kier alpha value is -1.09. The van der Waals surface area contributed by atoms with Gasteiger partial charge in [0.25, 0.3) is 0 Å². The van der Waals surface area contributed by atoms with Gasteiger partial charge in [-0.15, -0.1) is 0 Å². The van der Waals surface area contributed by atoms with E-state index in [9.17, 15) is 0 Å². The summed E-state index contributed by atoms with van der Waals surface area (Å²) >= 11 is 5.27. The fraction of sp³-hybridized carbons (Fsp3) is 0.533. The summed E-state index contributed by atoms with van der Waals surface area (Å²) < 4.78 is 0. The van der Waals surface area contributed by atoms with Gasteiger partial charge in [-0.25, -0.2) is 0 Å². The lowest BCUT2D eigenvalue weighted by molar-refractivity contribution is 0.515. The van der Waals surface area contributed by atoms with E-state index in [2.05, 4.69) is 69.5 Å². The maximum Gasteiger partial charge on any atom is 0.171 e. The normalized spacial score (nSPS) is 12.9. The predicted molar refractivity (Wildman–Crippen MR) is 84.3 cm³/mol. The van der Waals surface area contributed by atoms with Gasteiger partial charge in [-0.2, -0.15) is 0 Å². The smallest absolute Gasteiger partial charge is 0.171 e. The highest BCUT2D eigenvalue weighted by atomic mass is 32.1. The van der Waals surface area contributed by atoms with E-state index >= 15 is 0 Å². The number of anilines is 1. The van der Waals surface area contributed by atoms with Crippen LogP contribution in [0.25, 0.3) is 0 Å². The Morgan fingerprint density at radius 2 is 1.78 bits per heavy atom. The van der Waals surface area contributed by atoms with Crippen LogP contribution < -0.4 is 10.6 Å². The van der Waals surface area contributed by atoms with Crippen molar-refractivity contribution in [1.82, 2.24) is 5.32 Å². The topological polar surface area (TPSA) is 24.1 Å². The quantitative estimate of drug-likeness (QED) is 0.797. The SMILES string of the molecule is CC[C@@H](C)c1ccc(NC(=S)NC(C)(C)C)cc1. The second-order valence-corrected chi connectivity index (χ2v) is 6.17. The van der Waals surface area contributed by atoms with Crippen molar-refractivity contribution in [3.05, 3.63) is 29.8 Å². The lowest BCUT2D eigenvalue weighted by Crippen LogP contribution is -2.42. The molecule has 100 valence electrons. The molecule has 0 aliphatic heterocycles. The molecule has 0 unspecified atom stereocenters. The summed E-state index contributed by atoms with van der Waals surface area (Å²) in [5.74, 6) is 0.610. The minimum absolute atomic E-state index is 0.0131. The van der Waals surface area contributed by atoms with Gasteiger partial charge >= 0.3 is 0 Å². The molecule has 0 aliphatic carbocycles. The summed E-state index contributed by atoms with van der Waals surface area (Å²) in [6.07, 6.45) is 1.16. The number of hydrogen-bond donors (Lipinski definition) is 2. The molecule has 3 heteroatoms. The van der Waals surface area contributed by atoms with Gasteiger partial charge in [0.1, 0.15) is 0 Å². The minimum Gasteiger partial charge on any atom is -0.358 e. The molecule has 0 saturated heterocycles. The van der Waals surface area contributed by atoms with E-state index in [1.807, 2.05) is 0 Å². The van der Waals surface area contributed by atoms with Crippen LogP contribution in [0, 0.1) is 0 Å². The van der Waals surface area contributed by atoms with E-state index in [0.717, 1.165) is 12.1 Å². The van der Waals surface area contributed by atoms with E-state index in [1.165, 1.54) is 5.56 Å². The summed E-state index contributed by atoms with van der Waals surface area (Å²) in [4.78, 5) is 0. The van der Waals surface area contributed by atoms with Crippen LogP contribution in [-0.2, 0) is 0 Å². The number of benzene rings is 1. The largest absolute Gasteiger partial charge is 0.358 e. The molecule has 0 radical (unpaired) electrons. The Morgan fingerprint density at radius 3 is 2.22 bits per heavy atom. The van der Waals surface area contributed by atoms with Crippen molar-refractivity contribution in [3.63, 3.8) is 0 Å². The Balaban J connectivity index is 2.61. The Morgan fingerprint density at radius 1 is 1.22 bits per heavy atom. The van der Waals surface area contributed by atoms with Gasteiger partial charge in [-0.05, 0) is 63.0 Å². The lowest BCUT2D eigenvalue weighted by atomic mass is 9.99. The maximum atomic E-state index is 5.27. The van der Waals surface area contributed by atoms with Crippen molar-refractivity contribution in [2.75, 3.05) is 5.32 Å². The third-order valence-corrected chi connectivity index (χ3v) is 3.04. The first-order valence-corrected chi connectivity index (χ1v) is 6.92. The highest BCUT2D eigenvalue weighted by molar-refractivity contribution is 7.80. The zero-order valence-corrected chi connectivity index (χ0v) is 12.8. The van der Waals surface area contributed by atoms with E-state index in [0.29, 0.717) is 11.0 Å². The van der Waals surface area contributed by atoms with E-state index in [-0.39, 0.29) is 5.54 Å². The zero-order valence-electron chi connectivity index (χ0n) is 12.0. The molecular weight excluding hydrogens is 240 g/mol. The van der Waals surface area contributed by atoms with Gasteiger partial charge in [-0.1, -0.05) is 26.0 Å². The van der Waals surface area contributed by atoms with Crippen molar-refractivity contribution < 1.29 is 0 Å². The summed E-state index contributed by atoms with van der Waals surface area (Å²) in [5.41, 5.74) is 2.39. The first kappa shape index (κ1) is 15.0. The molecule has 0 spiro atoms. The van der Waals surface area contributed by atoms with Gasteiger partial charge in [0.15, 0.2) is 5.11 Å². The Kier molecular flexibility index (Phi) is 5.15. The van der Waals surface area contributed by atoms with Gasteiger partial charge in [0.2, 0.25) is 0 Å². The minimum atomic E-state index is -0.0131. The number of nitrogens with one attached hydrogen (secondary N) is 2. The van der Waals surface area contributed by atoms with Crippen LogP contribution in [0.5, 0.6) is 0 Å². The first-order chi connectivity index (χ1) is 8.31. The summed E-state index contributed by atoms with van der Waals surface area (Å²) in [6.45, 7) is 10.7. The highest BCUT2D eigenvalue weighted by Gasteiger charge is 2.11. The predicted octanol–water partition coefficient (Wildman–Crippen LogP) is 4.29. The van der Waals surface area contributed by atoms with E-state index in [1.54, 1.807) is 0 Å². The monoisotopic (exact) mass is 264 g/mol. The Labute approximate surface area is 116 Å². The van der Waals surface area contributed by atoms with Gasteiger partial charge < -0.3 is 10.6 Å². The van der Waals surface area contributed by atoms with Gasteiger partial charge in [-0.3, -0.25) is 0 Å². The molecule has 1 rings (SSSR count). The molecule has 1 aromatic carbocycles. The van der Waals surface area contributed by atoms with Gasteiger partial charge in [0.05, 0.1) is 0 Å². The molecular formula is C15H24N2S. The molecule has 2 nitrogen and oxygen atoms in total. The van der Waals surface area contributed by atoms with Gasteiger partial charge in [0, 0.05) is 11.2 Å². The molecule has 0 saturated carbocycles. The third kappa shape index (κ3) is 5.05. The molecule has 0 aromatic heterocycles. The van der Waals surface area contributed by atoms with Crippen LogP contribution >= 0.6 is 12.2 Å². The summed E-state index contributed by atoms with van der Waals surface area (Å²) in [7, 11) is 0. The van der Waals surface area contributed by atoms with Crippen molar-refractivity contribution in [1.29, 1.82) is 0 Å². The van der Waals surface area contributed by atoms with E-state index in [4.69, 9.17) is 12.2 Å². The molecule has 2 N–H and O–H groups in total.